The molecule has 2 atom stereocenters. The van der Waals surface area contributed by atoms with Crippen LogP contribution >= 0.6 is 0 Å². The van der Waals surface area contributed by atoms with Crippen molar-refractivity contribution in [1.82, 2.24) is 20.3 Å². The van der Waals surface area contributed by atoms with Crippen LogP contribution in [0.4, 0.5) is 0 Å². The number of ether oxygens (including phenoxy) is 1. The molecule has 2 aliphatic heterocycles. The molecule has 0 aromatic carbocycles. The van der Waals surface area contributed by atoms with Gasteiger partial charge < -0.3 is 25.0 Å². The molecule has 4 N–H and O–H groups in total. The van der Waals surface area contributed by atoms with Crippen LogP contribution in [0, 0.1) is 32.6 Å². The molecule has 0 spiro atoms. The Labute approximate surface area is 264 Å². The number of hydrogen-bond donors (Lipinski definition) is 4. The first-order chi connectivity index (χ1) is 21.5. The first-order valence-corrected chi connectivity index (χ1v) is 16.0. The minimum Gasteiger partial charge on any atom is -0.461 e. The summed E-state index contributed by atoms with van der Waals surface area (Å²) in [4.78, 5) is 37.3. The summed E-state index contributed by atoms with van der Waals surface area (Å²) >= 11 is 0. The molecule has 7 heteroatoms. The maximum Gasteiger partial charge on any atom is 0.306 e. The molecule has 3 aromatic heterocycles. The molecule has 3 aliphatic rings. The molecule has 3 aromatic rings. The zero-order chi connectivity index (χ0) is 32.2. The highest BCUT2D eigenvalue weighted by Crippen LogP contribution is 2.45. The minimum absolute atomic E-state index is 0.0211. The Balaban J connectivity index is 1.55. The van der Waals surface area contributed by atoms with Gasteiger partial charge >= 0.3 is 5.97 Å². The molecule has 0 unspecified atom stereocenters. The lowest BCUT2D eigenvalue weighted by Crippen LogP contribution is -2.14. The van der Waals surface area contributed by atoms with Gasteiger partial charge in [0, 0.05) is 80.6 Å². The number of carbonyl (C=O) groups is 2. The van der Waals surface area contributed by atoms with Gasteiger partial charge in [-0.25, -0.2) is 0 Å². The summed E-state index contributed by atoms with van der Waals surface area (Å²) in [6.45, 7) is 19.1. The summed E-state index contributed by atoms with van der Waals surface area (Å²) < 4.78 is 5.50. The van der Waals surface area contributed by atoms with Crippen LogP contribution in [0.5, 0.6) is 0 Å². The third-order valence-electron chi connectivity index (χ3n) is 9.92. The Morgan fingerprint density at radius 1 is 1.00 bits per heavy atom. The second kappa shape index (κ2) is 11.8. The van der Waals surface area contributed by atoms with Gasteiger partial charge in [0.25, 0.3) is 0 Å². The number of Topliss-reactive ketones (excluding diaryl/α,β-unsaturated/α-hetero) is 1. The third-order valence-corrected chi connectivity index (χ3v) is 9.92. The number of rotatable bonds is 7. The molecule has 1 fully saturated rings. The van der Waals surface area contributed by atoms with Crippen molar-refractivity contribution < 1.29 is 14.3 Å². The standard InChI is InChI=1S/C38H44N4O3/c1-9-24-20(5)28-16-30-22(7)26(11-12-35(44)45-14-13-19(3)4)37(41-30)27-15-34(43)36-23(8)31(42-38(27)36)18-33-25(10-2)21(6)29(40-33)17-32(24)39-28/h9,13,16-18,22,26,39-42H,1,10-12,14-15H2,2-8H3/b29-17-,30-16-,33-18-,37-27-/t22-,26-/m0/s1. The molecule has 45 heavy (non-hydrogen) atoms. The molecule has 0 amide bonds. The molecule has 1 saturated heterocycles. The van der Waals surface area contributed by atoms with Crippen molar-refractivity contribution >= 4 is 41.6 Å². The number of ketones is 1. The quantitative estimate of drug-likeness (QED) is 0.189. The Hall–Kier alpha value is -4.52. The van der Waals surface area contributed by atoms with Crippen LogP contribution in [0.2, 0.25) is 0 Å². The maximum absolute atomic E-state index is 13.6. The van der Waals surface area contributed by atoms with E-state index in [9.17, 15) is 9.59 Å². The average molecular weight is 605 g/mol. The van der Waals surface area contributed by atoms with Crippen LogP contribution in [0.1, 0.15) is 108 Å². The summed E-state index contributed by atoms with van der Waals surface area (Å²) in [5.74, 6) is 0.0329. The largest absolute Gasteiger partial charge is 0.461 e. The summed E-state index contributed by atoms with van der Waals surface area (Å²) in [5, 5.41) is 5.85. The number of hydrogen-bond acceptors (Lipinski definition) is 4. The van der Waals surface area contributed by atoms with E-state index in [0.29, 0.717) is 19.3 Å². The number of carbonyl (C=O) groups excluding carboxylic acids is 2. The van der Waals surface area contributed by atoms with Gasteiger partial charge in [0.05, 0.1) is 5.69 Å². The Morgan fingerprint density at radius 3 is 2.44 bits per heavy atom. The van der Waals surface area contributed by atoms with E-state index in [4.69, 9.17) is 4.74 Å². The molecule has 8 bridgehead atoms. The van der Waals surface area contributed by atoms with Crippen molar-refractivity contribution in [3.63, 3.8) is 0 Å². The summed E-state index contributed by atoms with van der Waals surface area (Å²) in [5.41, 5.74) is 14.4. The normalized spacial score (nSPS) is 22.6. The third kappa shape index (κ3) is 5.28. The predicted molar refractivity (Wildman–Crippen MR) is 182 cm³/mol. The molecule has 5 heterocycles. The van der Waals surface area contributed by atoms with E-state index in [1.54, 1.807) is 0 Å². The van der Waals surface area contributed by atoms with Crippen LogP contribution in [0.25, 0.3) is 29.9 Å². The molecular formula is C38H44N4O3. The number of allylic oxidation sites excluding steroid dienone is 4. The molecule has 0 radical (unpaired) electrons. The van der Waals surface area contributed by atoms with Gasteiger partial charge in [-0.2, -0.15) is 0 Å². The number of esters is 1. The van der Waals surface area contributed by atoms with Crippen molar-refractivity contribution in [3.8, 4) is 0 Å². The Morgan fingerprint density at radius 2 is 1.73 bits per heavy atom. The van der Waals surface area contributed by atoms with Gasteiger partial charge in [-0.3, -0.25) is 9.59 Å². The van der Waals surface area contributed by atoms with Crippen LogP contribution in [-0.4, -0.2) is 33.3 Å². The van der Waals surface area contributed by atoms with Gasteiger partial charge in [0.15, 0.2) is 5.78 Å². The fourth-order valence-corrected chi connectivity index (χ4v) is 7.26. The second-order valence-electron chi connectivity index (χ2n) is 12.9. The van der Waals surface area contributed by atoms with Gasteiger partial charge in [0.2, 0.25) is 0 Å². The van der Waals surface area contributed by atoms with Crippen LogP contribution < -0.4 is 16.0 Å². The number of aromatic nitrogens is 3. The Bertz CT molecular complexity index is 1970. The molecule has 6 rings (SSSR count). The zero-order valence-electron chi connectivity index (χ0n) is 27.5. The second-order valence-corrected chi connectivity index (χ2v) is 12.9. The highest BCUT2D eigenvalue weighted by molar-refractivity contribution is 6.13. The van der Waals surface area contributed by atoms with Crippen LogP contribution in [-0.2, 0) is 16.0 Å². The molecular weight excluding hydrogens is 560 g/mol. The van der Waals surface area contributed by atoms with Crippen LogP contribution in [0.15, 0.2) is 29.6 Å². The van der Waals surface area contributed by atoms with Gasteiger partial charge in [-0.05, 0) is 94.0 Å². The van der Waals surface area contributed by atoms with E-state index in [0.717, 1.165) is 84.7 Å². The Kier molecular flexibility index (Phi) is 7.98. The highest BCUT2D eigenvalue weighted by atomic mass is 16.5. The van der Waals surface area contributed by atoms with Crippen molar-refractivity contribution in [2.75, 3.05) is 6.61 Å². The number of fused-ring (bicyclic) bond motifs is 7. The van der Waals surface area contributed by atoms with Crippen molar-refractivity contribution in [1.29, 1.82) is 0 Å². The molecule has 0 saturated carbocycles. The van der Waals surface area contributed by atoms with Gasteiger partial charge in [0.1, 0.15) is 6.61 Å². The van der Waals surface area contributed by atoms with Crippen molar-refractivity contribution in [2.24, 2.45) is 11.8 Å². The summed E-state index contributed by atoms with van der Waals surface area (Å²) in [6, 6.07) is 0. The minimum atomic E-state index is -0.209. The van der Waals surface area contributed by atoms with Gasteiger partial charge in [-0.15, -0.1) is 0 Å². The number of H-pyrrole nitrogens is 3. The number of nitrogens with one attached hydrogen (secondary N) is 4. The lowest BCUT2D eigenvalue weighted by atomic mass is 9.86. The lowest BCUT2D eigenvalue weighted by molar-refractivity contribution is -0.142. The first-order valence-electron chi connectivity index (χ1n) is 16.0. The molecule has 7 nitrogen and oxygen atoms in total. The number of aromatic amines is 3. The van der Waals surface area contributed by atoms with E-state index >= 15 is 0 Å². The lowest BCUT2D eigenvalue weighted by Gasteiger charge is -2.17. The molecule has 1 aliphatic carbocycles. The van der Waals surface area contributed by atoms with E-state index < -0.39 is 0 Å². The fourth-order valence-electron chi connectivity index (χ4n) is 7.26. The summed E-state index contributed by atoms with van der Waals surface area (Å²) in [7, 11) is 0. The van der Waals surface area contributed by atoms with E-state index in [1.165, 1.54) is 11.1 Å². The fraction of sp³-hybridized carbons (Fsp3) is 0.368. The zero-order valence-corrected chi connectivity index (χ0v) is 27.5. The predicted octanol–water partition coefficient (Wildman–Crippen LogP) is 6.26. The van der Waals surface area contributed by atoms with Crippen molar-refractivity contribution in [2.45, 2.75) is 74.1 Å². The van der Waals surface area contributed by atoms with Gasteiger partial charge in [-0.1, -0.05) is 32.1 Å². The maximum atomic E-state index is 13.6. The summed E-state index contributed by atoms with van der Waals surface area (Å²) in [6.07, 6.45) is 12.5. The van der Waals surface area contributed by atoms with E-state index in [-0.39, 0.29) is 30.2 Å². The first kappa shape index (κ1) is 30.5. The topological polar surface area (TPSA) is 103 Å². The van der Waals surface area contributed by atoms with Crippen molar-refractivity contribution in [3.05, 3.63) is 96.5 Å². The van der Waals surface area contributed by atoms with E-state index in [1.807, 2.05) is 32.9 Å². The van der Waals surface area contributed by atoms with Crippen LogP contribution in [0.3, 0.4) is 0 Å². The highest BCUT2D eigenvalue weighted by Gasteiger charge is 2.39. The average Bonchev–Trinajstić information content (AvgIpc) is 3.74. The van der Waals surface area contributed by atoms with E-state index in [2.05, 4.69) is 72.8 Å². The monoisotopic (exact) mass is 604 g/mol. The smallest absolute Gasteiger partial charge is 0.306 e. The SMILES string of the molecule is C=Cc1c2[nH]c(c1C)/C=C1\N/C(=C3/CC(=O)c4c3[nH]c(c4C)/C=c3\[nH]/c(c(C)c3CC)=C\2)[C@@H](CCC(=O)OCC=C(C)C)[C@@H]1C. The molecule has 234 valence electrons.